The van der Waals surface area contributed by atoms with E-state index >= 15 is 0 Å². The van der Waals surface area contributed by atoms with Gasteiger partial charge in [-0.3, -0.25) is 14.6 Å². The van der Waals surface area contributed by atoms with E-state index in [1.165, 1.54) is 51.0 Å². The first-order valence-corrected chi connectivity index (χ1v) is 15.9. The SMILES string of the molecule is C=CCN(C)N(C(/C=C\C=O)=N/N(C)C(C)C)c1nc(Nc2ccc(N3CCC4(CCN(C)CC4)CC3)c(OC)c2)ncc1C=O. The Balaban J connectivity index is 1.62. The zero-order valence-electron chi connectivity index (χ0n) is 28.1. The number of ether oxygens (including phenoxy) is 1. The van der Waals surface area contributed by atoms with Crippen LogP contribution in [0.1, 0.15) is 49.9 Å². The van der Waals surface area contributed by atoms with E-state index in [4.69, 9.17) is 14.8 Å². The normalized spacial score (nSPS) is 17.0. The second kappa shape index (κ2) is 15.8. The summed E-state index contributed by atoms with van der Waals surface area (Å²) in [4.78, 5) is 37.6. The van der Waals surface area contributed by atoms with Gasteiger partial charge in [0, 0.05) is 57.7 Å². The summed E-state index contributed by atoms with van der Waals surface area (Å²) in [6.07, 6.45) is 12.5. The second-order valence-electron chi connectivity index (χ2n) is 12.5. The lowest BCUT2D eigenvalue weighted by Gasteiger charge is -2.47. The number of nitrogens with one attached hydrogen (secondary N) is 1. The van der Waals surface area contributed by atoms with Crippen molar-refractivity contribution in [2.45, 2.75) is 45.6 Å². The summed E-state index contributed by atoms with van der Waals surface area (Å²) in [6.45, 7) is 12.7. The largest absolute Gasteiger partial charge is 0.495 e. The summed E-state index contributed by atoms with van der Waals surface area (Å²) < 4.78 is 5.85. The molecule has 2 aliphatic rings. The minimum Gasteiger partial charge on any atom is -0.495 e. The molecular formula is C34H49N9O3. The Bertz CT molecular complexity index is 1410. The fraction of sp³-hybridized carbons (Fsp3) is 0.500. The predicted octanol–water partition coefficient (Wildman–Crippen LogP) is 4.60. The number of hydrazine groups is 1. The molecule has 46 heavy (non-hydrogen) atoms. The number of carbonyl (C=O) groups excluding carboxylic acids is 2. The number of aromatic nitrogens is 2. The molecule has 12 nitrogen and oxygen atoms in total. The lowest BCUT2D eigenvalue weighted by atomic mass is 9.71. The number of nitrogens with zero attached hydrogens (tertiary/aromatic N) is 8. The van der Waals surface area contributed by atoms with Crippen LogP contribution >= 0.6 is 0 Å². The monoisotopic (exact) mass is 631 g/mol. The molecule has 2 aromatic rings. The van der Waals surface area contributed by atoms with E-state index in [0.29, 0.717) is 36.2 Å². The molecule has 1 N–H and O–H groups in total. The Morgan fingerprint density at radius 3 is 2.46 bits per heavy atom. The van der Waals surface area contributed by atoms with Crippen molar-refractivity contribution in [2.24, 2.45) is 10.5 Å². The van der Waals surface area contributed by atoms with Gasteiger partial charge in [0.15, 0.2) is 17.9 Å². The first-order chi connectivity index (χ1) is 22.1. The highest BCUT2D eigenvalue weighted by Crippen LogP contribution is 2.43. The van der Waals surface area contributed by atoms with E-state index in [1.807, 2.05) is 40.1 Å². The summed E-state index contributed by atoms with van der Waals surface area (Å²) in [5, 5.41) is 13.3. The zero-order chi connectivity index (χ0) is 33.3. The van der Waals surface area contributed by atoms with Crippen molar-refractivity contribution in [3.05, 3.63) is 54.8 Å². The third-order valence-electron chi connectivity index (χ3n) is 9.06. The highest BCUT2D eigenvalue weighted by molar-refractivity contribution is 6.07. The van der Waals surface area contributed by atoms with Gasteiger partial charge in [-0.25, -0.2) is 15.0 Å². The molecule has 2 saturated heterocycles. The number of hydrogen-bond acceptors (Lipinski definition) is 11. The van der Waals surface area contributed by atoms with Gasteiger partial charge in [0.05, 0.1) is 18.4 Å². The van der Waals surface area contributed by atoms with Crippen LogP contribution in [0, 0.1) is 5.41 Å². The third kappa shape index (κ3) is 8.29. The van der Waals surface area contributed by atoms with E-state index in [-0.39, 0.29) is 17.6 Å². The maximum Gasteiger partial charge on any atom is 0.229 e. The van der Waals surface area contributed by atoms with Crippen molar-refractivity contribution >= 4 is 41.5 Å². The molecule has 0 unspecified atom stereocenters. The van der Waals surface area contributed by atoms with Crippen molar-refractivity contribution in [2.75, 3.05) is 76.2 Å². The van der Waals surface area contributed by atoms with E-state index in [0.717, 1.165) is 30.2 Å². The van der Waals surface area contributed by atoms with Gasteiger partial charge in [0.2, 0.25) is 5.95 Å². The number of anilines is 4. The van der Waals surface area contributed by atoms with Crippen molar-refractivity contribution in [3.8, 4) is 5.75 Å². The molecule has 0 saturated carbocycles. The molecule has 0 amide bonds. The fourth-order valence-corrected chi connectivity index (χ4v) is 5.92. The lowest BCUT2D eigenvalue weighted by Crippen LogP contribution is -2.46. The van der Waals surface area contributed by atoms with Crippen LogP contribution in [-0.4, -0.2) is 110 Å². The summed E-state index contributed by atoms with van der Waals surface area (Å²) in [5.74, 6) is 1.73. The molecule has 2 fully saturated rings. The molecule has 1 aromatic carbocycles. The summed E-state index contributed by atoms with van der Waals surface area (Å²) in [6, 6.07) is 6.10. The van der Waals surface area contributed by atoms with Gasteiger partial charge in [0.1, 0.15) is 12.0 Å². The van der Waals surface area contributed by atoms with Crippen molar-refractivity contribution in [3.63, 3.8) is 0 Å². The topological polar surface area (TPSA) is 110 Å². The summed E-state index contributed by atoms with van der Waals surface area (Å²) >= 11 is 0. The highest BCUT2D eigenvalue weighted by Gasteiger charge is 2.37. The number of methoxy groups -OCH3 is 1. The Kier molecular flexibility index (Phi) is 11.9. The summed E-state index contributed by atoms with van der Waals surface area (Å²) in [5.41, 5.74) is 2.53. The van der Waals surface area contributed by atoms with E-state index < -0.39 is 0 Å². The van der Waals surface area contributed by atoms with Crippen LogP contribution in [-0.2, 0) is 4.79 Å². The molecule has 0 bridgehead atoms. The smallest absolute Gasteiger partial charge is 0.229 e. The average Bonchev–Trinajstić information content (AvgIpc) is 3.05. The van der Waals surface area contributed by atoms with Gasteiger partial charge in [-0.15, -0.1) is 6.58 Å². The number of hydrogen-bond donors (Lipinski definition) is 1. The second-order valence-corrected chi connectivity index (χ2v) is 12.5. The maximum atomic E-state index is 12.2. The first kappa shape index (κ1) is 34.6. The van der Waals surface area contributed by atoms with Crippen LogP contribution in [0.4, 0.5) is 23.1 Å². The molecule has 248 valence electrons. The van der Waals surface area contributed by atoms with Crippen LogP contribution < -0.4 is 20.0 Å². The molecule has 0 radical (unpaired) electrons. The van der Waals surface area contributed by atoms with Gasteiger partial charge in [0.25, 0.3) is 0 Å². The Morgan fingerprint density at radius 1 is 1.15 bits per heavy atom. The number of aldehydes is 2. The number of rotatable bonds is 13. The van der Waals surface area contributed by atoms with Gasteiger partial charge in [-0.2, -0.15) is 10.1 Å². The van der Waals surface area contributed by atoms with Gasteiger partial charge < -0.3 is 19.9 Å². The average molecular weight is 632 g/mol. The summed E-state index contributed by atoms with van der Waals surface area (Å²) in [7, 11) is 7.57. The standard InChI is InChI=1S/C34H49N9O3/c1-8-17-40(5)43(31(10-9-22-44)38-41(6)26(2)3)32-27(25-45)24-35-33(37-32)36-28-11-12-29(30(23-28)46-7)42-20-15-34(16-21-42)13-18-39(4)19-14-34/h8-12,22-26H,1,13-21H2,2-7H3,(H,35,36,37)/b10-9-,38-31+. The number of likely N-dealkylation sites (N-methyl/N-ethyl adjacent to an activating group) is 1. The molecule has 12 heteroatoms. The third-order valence-corrected chi connectivity index (χ3v) is 9.06. The van der Waals surface area contributed by atoms with Gasteiger partial charge in [-0.05, 0) is 89.4 Å². The van der Waals surface area contributed by atoms with Crippen LogP contribution in [0.2, 0.25) is 0 Å². The molecule has 1 spiro atoms. The Labute approximate surface area is 273 Å². The Hall–Kier alpha value is -4.29. The molecular weight excluding hydrogens is 582 g/mol. The fourth-order valence-electron chi connectivity index (χ4n) is 5.92. The Morgan fingerprint density at radius 2 is 1.85 bits per heavy atom. The van der Waals surface area contributed by atoms with E-state index in [2.05, 4.69) is 39.8 Å². The molecule has 2 aliphatic heterocycles. The number of hydrazone groups is 1. The maximum absolute atomic E-state index is 12.2. The molecule has 1 aromatic heterocycles. The number of amidine groups is 1. The minimum absolute atomic E-state index is 0.0811. The number of benzene rings is 1. The van der Waals surface area contributed by atoms with Gasteiger partial charge >= 0.3 is 0 Å². The molecule has 0 aliphatic carbocycles. The number of allylic oxidation sites excluding steroid dienone is 1. The van der Waals surface area contributed by atoms with Crippen molar-refractivity contribution < 1.29 is 14.3 Å². The highest BCUT2D eigenvalue weighted by atomic mass is 16.5. The number of piperidine rings is 2. The van der Waals surface area contributed by atoms with Crippen LogP contribution in [0.15, 0.2) is 54.3 Å². The lowest BCUT2D eigenvalue weighted by molar-refractivity contribution is -0.104. The van der Waals surface area contributed by atoms with E-state index in [9.17, 15) is 9.59 Å². The quantitative estimate of drug-likeness (QED) is 0.0837. The number of carbonyl (C=O) groups is 2. The van der Waals surface area contributed by atoms with Crippen molar-refractivity contribution in [1.82, 2.24) is 24.9 Å². The number of likely N-dealkylation sites (tertiary alicyclic amines) is 1. The molecule has 4 rings (SSSR count). The van der Waals surface area contributed by atoms with Crippen molar-refractivity contribution in [1.29, 1.82) is 0 Å². The zero-order valence-corrected chi connectivity index (χ0v) is 28.1. The van der Waals surface area contributed by atoms with Crippen LogP contribution in [0.25, 0.3) is 0 Å². The first-order valence-electron chi connectivity index (χ1n) is 15.9. The molecule has 3 heterocycles. The van der Waals surface area contributed by atoms with Crippen LogP contribution in [0.3, 0.4) is 0 Å². The predicted molar refractivity (Wildman–Crippen MR) is 185 cm³/mol. The van der Waals surface area contributed by atoms with Gasteiger partial charge in [-0.1, -0.05) is 6.08 Å². The minimum atomic E-state index is 0.0811. The molecule has 0 atom stereocenters. The van der Waals surface area contributed by atoms with E-state index in [1.54, 1.807) is 34.3 Å². The van der Waals surface area contributed by atoms with Crippen LogP contribution in [0.5, 0.6) is 5.75 Å².